The van der Waals surface area contributed by atoms with Gasteiger partial charge in [0.05, 0.1) is 0 Å². The van der Waals surface area contributed by atoms with Gasteiger partial charge in [-0.3, -0.25) is 0 Å². The predicted octanol–water partition coefficient (Wildman–Crippen LogP) is 3.29. The van der Waals surface area contributed by atoms with E-state index in [1.165, 1.54) is 38.5 Å². The van der Waals surface area contributed by atoms with E-state index in [4.69, 9.17) is 14.5 Å². The van der Waals surface area contributed by atoms with E-state index < -0.39 is 0 Å². The molecule has 3 rings (SSSR count). The first-order valence-electron chi connectivity index (χ1n) is 6.40. The third-order valence-electron chi connectivity index (χ3n) is 3.95. The van der Waals surface area contributed by atoms with Crippen molar-refractivity contribution in [3.8, 4) is 0 Å². The smallest absolute Gasteiger partial charge is 0.204 e. The minimum absolute atomic E-state index is 0.379. The van der Waals surface area contributed by atoms with Crippen LogP contribution in [0.3, 0.4) is 0 Å². The Bertz CT molecular complexity index is 203. The van der Waals surface area contributed by atoms with Gasteiger partial charge in [-0.1, -0.05) is 12.8 Å². The lowest BCUT2D eigenvalue weighted by molar-refractivity contribution is -0.358. The van der Waals surface area contributed by atoms with Gasteiger partial charge in [0.1, 0.15) is 0 Å². The molecule has 0 unspecified atom stereocenters. The van der Waals surface area contributed by atoms with Gasteiger partial charge in [-0.05, 0) is 25.7 Å². The molecular weight excluding hydrogens is 192 g/mol. The fourth-order valence-corrected chi connectivity index (χ4v) is 3.08. The van der Waals surface area contributed by atoms with Gasteiger partial charge in [0.2, 0.25) is 11.6 Å². The van der Waals surface area contributed by atoms with Crippen LogP contribution in [0, 0.1) is 0 Å². The molecule has 2 aliphatic carbocycles. The first-order chi connectivity index (χ1) is 7.33. The minimum atomic E-state index is -0.379. The highest BCUT2D eigenvalue weighted by atomic mass is 17.3. The zero-order chi connectivity index (χ0) is 10.2. The highest BCUT2D eigenvalue weighted by Crippen LogP contribution is 2.47. The summed E-state index contributed by atoms with van der Waals surface area (Å²) in [6.45, 7) is 0. The molecular formula is C12H20O3. The summed E-state index contributed by atoms with van der Waals surface area (Å²) in [5, 5.41) is 0. The largest absolute Gasteiger partial charge is 0.312 e. The first kappa shape index (κ1) is 10.1. The molecule has 0 amide bonds. The summed E-state index contributed by atoms with van der Waals surface area (Å²) in [7, 11) is 0. The molecule has 3 heteroatoms. The van der Waals surface area contributed by atoms with Gasteiger partial charge in [-0.15, -0.1) is 0 Å². The van der Waals surface area contributed by atoms with Gasteiger partial charge in [0, 0.05) is 25.7 Å². The summed E-state index contributed by atoms with van der Waals surface area (Å²) in [6.07, 6.45) is 11.5. The average Bonchev–Trinajstić information content (AvgIpc) is 2.60. The van der Waals surface area contributed by atoms with Crippen LogP contribution in [0.4, 0.5) is 0 Å². The molecule has 0 radical (unpaired) electrons. The maximum atomic E-state index is 6.17. The molecule has 3 aliphatic rings. The molecule has 2 spiro atoms. The number of ether oxygens (including phenoxy) is 1. The predicted molar refractivity (Wildman–Crippen MR) is 54.9 cm³/mol. The summed E-state index contributed by atoms with van der Waals surface area (Å²) >= 11 is 0. The van der Waals surface area contributed by atoms with E-state index in [1.54, 1.807) is 0 Å². The topological polar surface area (TPSA) is 27.7 Å². The third kappa shape index (κ3) is 1.81. The molecule has 86 valence electrons. The molecule has 0 aromatic heterocycles. The quantitative estimate of drug-likeness (QED) is 0.577. The maximum Gasteiger partial charge on any atom is 0.204 e. The van der Waals surface area contributed by atoms with Gasteiger partial charge in [-0.25, -0.2) is 0 Å². The van der Waals surface area contributed by atoms with Crippen LogP contribution in [-0.2, 0) is 14.5 Å². The Labute approximate surface area is 91.0 Å². The fourth-order valence-electron chi connectivity index (χ4n) is 3.08. The van der Waals surface area contributed by atoms with E-state index in [-0.39, 0.29) is 11.6 Å². The standard InChI is InChI=1S/C12H20O3/c1-3-7-11(8-4-1)13-12(15-14-11)9-5-2-6-10-12/h1-10H2. The van der Waals surface area contributed by atoms with Gasteiger partial charge < -0.3 is 4.74 Å². The molecule has 0 bridgehead atoms. The Hall–Kier alpha value is -0.120. The Balaban J connectivity index is 1.70. The number of hydrogen-bond acceptors (Lipinski definition) is 3. The summed E-state index contributed by atoms with van der Waals surface area (Å²) in [4.78, 5) is 11.1. The van der Waals surface area contributed by atoms with Crippen LogP contribution >= 0.6 is 0 Å². The van der Waals surface area contributed by atoms with Crippen LogP contribution in [0.5, 0.6) is 0 Å². The normalized spacial score (nSPS) is 33.6. The monoisotopic (exact) mass is 212 g/mol. The number of rotatable bonds is 0. The van der Waals surface area contributed by atoms with Crippen molar-refractivity contribution in [1.82, 2.24) is 0 Å². The van der Waals surface area contributed by atoms with E-state index in [0.717, 1.165) is 25.7 Å². The van der Waals surface area contributed by atoms with Crippen molar-refractivity contribution in [3.63, 3.8) is 0 Å². The first-order valence-corrected chi connectivity index (χ1v) is 6.40. The molecule has 3 nitrogen and oxygen atoms in total. The molecule has 0 aromatic carbocycles. The van der Waals surface area contributed by atoms with Crippen molar-refractivity contribution in [2.75, 3.05) is 0 Å². The van der Waals surface area contributed by atoms with Gasteiger partial charge in [0.25, 0.3) is 0 Å². The lowest BCUT2D eigenvalue weighted by Crippen LogP contribution is -2.39. The SMILES string of the molecule is C1CCC2(CC1)OOC1(CCCCC1)O2. The highest BCUT2D eigenvalue weighted by Gasteiger charge is 2.53. The van der Waals surface area contributed by atoms with Crippen LogP contribution in [-0.4, -0.2) is 11.6 Å². The van der Waals surface area contributed by atoms with Crippen LogP contribution < -0.4 is 0 Å². The highest BCUT2D eigenvalue weighted by molar-refractivity contribution is 4.85. The van der Waals surface area contributed by atoms with Gasteiger partial charge in [-0.2, -0.15) is 9.78 Å². The second-order valence-electron chi connectivity index (χ2n) is 5.21. The van der Waals surface area contributed by atoms with Crippen LogP contribution in [0.15, 0.2) is 0 Å². The van der Waals surface area contributed by atoms with Crippen molar-refractivity contribution < 1.29 is 14.5 Å². The van der Waals surface area contributed by atoms with E-state index >= 15 is 0 Å². The lowest BCUT2D eigenvalue weighted by Gasteiger charge is -2.33. The second-order valence-corrected chi connectivity index (χ2v) is 5.21. The zero-order valence-corrected chi connectivity index (χ0v) is 9.30. The number of hydrogen-bond donors (Lipinski definition) is 0. The van der Waals surface area contributed by atoms with Crippen molar-refractivity contribution in [1.29, 1.82) is 0 Å². The van der Waals surface area contributed by atoms with Crippen LogP contribution in [0.25, 0.3) is 0 Å². The summed E-state index contributed by atoms with van der Waals surface area (Å²) in [5.74, 6) is -0.759. The molecule has 1 heterocycles. The summed E-state index contributed by atoms with van der Waals surface area (Å²) in [6, 6.07) is 0. The van der Waals surface area contributed by atoms with Crippen molar-refractivity contribution in [2.24, 2.45) is 0 Å². The average molecular weight is 212 g/mol. The van der Waals surface area contributed by atoms with E-state index in [2.05, 4.69) is 0 Å². The fraction of sp³-hybridized carbons (Fsp3) is 1.00. The third-order valence-corrected chi connectivity index (χ3v) is 3.95. The molecule has 2 saturated carbocycles. The summed E-state index contributed by atoms with van der Waals surface area (Å²) in [5.41, 5.74) is 0. The minimum Gasteiger partial charge on any atom is -0.312 e. The molecule has 0 N–H and O–H groups in total. The van der Waals surface area contributed by atoms with E-state index in [9.17, 15) is 0 Å². The molecule has 0 atom stereocenters. The van der Waals surface area contributed by atoms with Crippen molar-refractivity contribution >= 4 is 0 Å². The van der Waals surface area contributed by atoms with Gasteiger partial charge in [0.15, 0.2) is 0 Å². The summed E-state index contributed by atoms with van der Waals surface area (Å²) < 4.78 is 6.17. The molecule has 1 saturated heterocycles. The van der Waals surface area contributed by atoms with Crippen LogP contribution in [0.1, 0.15) is 64.2 Å². The lowest BCUT2D eigenvalue weighted by atomic mass is 9.91. The molecule has 15 heavy (non-hydrogen) atoms. The van der Waals surface area contributed by atoms with Crippen molar-refractivity contribution in [2.45, 2.75) is 75.8 Å². The van der Waals surface area contributed by atoms with E-state index in [1.807, 2.05) is 0 Å². The Kier molecular flexibility index (Phi) is 2.49. The molecule has 3 fully saturated rings. The zero-order valence-electron chi connectivity index (χ0n) is 9.30. The van der Waals surface area contributed by atoms with Crippen LogP contribution in [0.2, 0.25) is 0 Å². The van der Waals surface area contributed by atoms with Crippen molar-refractivity contribution in [3.05, 3.63) is 0 Å². The Morgan fingerprint density at radius 2 is 0.933 bits per heavy atom. The maximum absolute atomic E-state index is 6.17. The molecule has 1 aliphatic heterocycles. The Morgan fingerprint density at radius 1 is 0.533 bits per heavy atom. The van der Waals surface area contributed by atoms with E-state index in [0.29, 0.717) is 0 Å². The second kappa shape index (κ2) is 3.72. The van der Waals surface area contributed by atoms with Gasteiger partial charge >= 0.3 is 0 Å². The Morgan fingerprint density at radius 3 is 1.33 bits per heavy atom. The molecule has 0 aromatic rings.